The van der Waals surface area contributed by atoms with Gasteiger partial charge in [0.2, 0.25) is 5.13 Å². The fraction of sp³-hybridized carbons (Fsp3) is 0.208. The Balaban J connectivity index is 1.24. The quantitative estimate of drug-likeness (QED) is 0.480. The Morgan fingerprint density at radius 3 is 2.48 bits per heavy atom. The lowest BCUT2D eigenvalue weighted by atomic mass is 10.0. The van der Waals surface area contributed by atoms with Crippen LogP contribution in [0.1, 0.15) is 21.7 Å². The van der Waals surface area contributed by atoms with Crippen molar-refractivity contribution in [3.8, 4) is 0 Å². The van der Waals surface area contributed by atoms with Gasteiger partial charge in [-0.25, -0.2) is 9.37 Å². The molecule has 0 unspecified atom stereocenters. The molecule has 0 atom stereocenters. The first-order chi connectivity index (χ1) is 15.2. The van der Waals surface area contributed by atoms with Crippen LogP contribution in [0.5, 0.6) is 0 Å². The number of hydrogen-bond acceptors (Lipinski definition) is 5. The van der Waals surface area contributed by atoms with E-state index in [0.29, 0.717) is 19.5 Å². The molecule has 0 radical (unpaired) electrons. The van der Waals surface area contributed by atoms with E-state index in [4.69, 9.17) is 0 Å². The van der Waals surface area contributed by atoms with E-state index in [1.54, 1.807) is 12.1 Å². The van der Waals surface area contributed by atoms with Crippen molar-refractivity contribution < 1.29 is 9.18 Å². The molecular formula is C24H21FN4OS. The molecule has 1 fully saturated rings. The number of aromatic nitrogens is 2. The molecule has 0 N–H and O–H groups in total. The van der Waals surface area contributed by atoms with Gasteiger partial charge in [0.25, 0.3) is 5.91 Å². The highest BCUT2D eigenvalue weighted by Gasteiger charge is 2.25. The normalized spacial score (nSPS) is 14.2. The summed E-state index contributed by atoms with van der Waals surface area (Å²) in [5, 5.41) is 2.94. The van der Waals surface area contributed by atoms with Crippen molar-refractivity contribution in [1.82, 2.24) is 14.3 Å². The third-order valence-electron chi connectivity index (χ3n) is 5.59. The molecule has 1 saturated heterocycles. The fourth-order valence-corrected chi connectivity index (χ4v) is 4.65. The van der Waals surface area contributed by atoms with E-state index in [1.165, 1.54) is 23.7 Å². The molecule has 2 heterocycles. The minimum absolute atomic E-state index is 0.0747. The molecule has 0 spiro atoms. The van der Waals surface area contributed by atoms with Crippen molar-refractivity contribution in [2.75, 3.05) is 31.1 Å². The molecule has 7 heteroatoms. The maximum Gasteiger partial charge on any atom is 0.254 e. The first kappa shape index (κ1) is 19.6. The first-order valence-corrected chi connectivity index (χ1v) is 11.0. The van der Waals surface area contributed by atoms with Gasteiger partial charge in [-0.15, -0.1) is 0 Å². The van der Waals surface area contributed by atoms with Gasteiger partial charge in [-0.1, -0.05) is 48.5 Å². The Labute approximate surface area is 183 Å². The molecule has 1 aliphatic heterocycles. The van der Waals surface area contributed by atoms with Crippen molar-refractivity contribution in [2.45, 2.75) is 6.42 Å². The van der Waals surface area contributed by atoms with Crippen LogP contribution in [0.25, 0.3) is 10.8 Å². The van der Waals surface area contributed by atoms with Gasteiger partial charge in [-0.3, -0.25) is 4.79 Å². The fourth-order valence-electron chi connectivity index (χ4n) is 3.91. The van der Waals surface area contributed by atoms with E-state index < -0.39 is 0 Å². The number of halogens is 1. The zero-order valence-electron chi connectivity index (χ0n) is 16.9. The number of amides is 1. The highest BCUT2D eigenvalue weighted by atomic mass is 32.1. The maximum atomic E-state index is 13.1. The van der Waals surface area contributed by atoms with Gasteiger partial charge in [-0.05, 0) is 34.5 Å². The molecule has 1 aromatic heterocycles. The minimum Gasteiger partial charge on any atom is -0.343 e. The second kappa shape index (κ2) is 8.43. The summed E-state index contributed by atoms with van der Waals surface area (Å²) < 4.78 is 17.5. The van der Waals surface area contributed by atoms with E-state index in [9.17, 15) is 9.18 Å². The van der Waals surface area contributed by atoms with Crippen LogP contribution in [0.15, 0.2) is 66.7 Å². The molecule has 4 aromatic rings. The standard InChI is InChI=1S/C24H21FN4OS/c25-19-10-8-17(9-11-19)16-22-26-24(31-27-22)29-14-12-28(13-15-29)23(30)21-7-3-5-18-4-1-2-6-20(18)21/h1-11H,12-16H2. The molecule has 5 nitrogen and oxygen atoms in total. The molecule has 0 aliphatic carbocycles. The lowest BCUT2D eigenvalue weighted by Crippen LogP contribution is -2.48. The van der Waals surface area contributed by atoms with Crippen LogP contribution in [-0.4, -0.2) is 46.3 Å². The summed E-state index contributed by atoms with van der Waals surface area (Å²) in [5.41, 5.74) is 1.74. The highest BCUT2D eigenvalue weighted by Crippen LogP contribution is 2.23. The van der Waals surface area contributed by atoms with Crippen LogP contribution in [0.3, 0.4) is 0 Å². The summed E-state index contributed by atoms with van der Waals surface area (Å²) in [5.74, 6) is 0.568. The van der Waals surface area contributed by atoms with Crippen molar-refractivity contribution in [3.05, 3.63) is 89.5 Å². The summed E-state index contributed by atoms with van der Waals surface area (Å²) in [6.07, 6.45) is 0.580. The largest absolute Gasteiger partial charge is 0.343 e. The summed E-state index contributed by atoms with van der Waals surface area (Å²) in [7, 11) is 0. The van der Waals surface area contributed by atoms with Crippen LogP contribution in [0, 0.1) is 5.82 Å². The van der Waals surface area contributed by atoms with E-state index in [1.807, 2.05) is 47.4 Å². The zero-order valence-corrected chi connectivity index (χ0v) is 17.7. The number of carbonyl (C=O) groups excluding carboxylic acids is 1. The number of rotatable bonds is 4. The number of benzene rings is 3. The molecule has 31 heavy (non-hydrogen) atoms. The predicted octanol–water partition coefficient (Wildman–Crippen LogP) is 4.38. The van der Waals surface area contributed by atoms with Crippen LogP contribution in [0.4, 0.5) is 9.52 Å². The molecule has 156 valence electrons. The minimum atomic E-state index is -0.244. The smallest absolute Gasteiger partial charge is 0.254 e. The number of fused-ring (bicyclic) bond motifs is 1. The third kappa shape index (κ3) is 4.14. The summed E-state index contributed by atoms with van der Waals surface area (Å²) >= 11 is 1.37. The van der Waals surface area contributed by atoms with Gasteiger partial charge in [-0.2, -0.15) is 4.37 Å². The number of piperazine rings is 1. The number of nitrogens with zero attached hydrogens (tertiary/aromatic N) is 4. The molecule has 1 aliphatic rings. The van der Waals surface area contributed by atoms with Gasteiger partial charge in [0, 0.05) is 49.7 Å². The van der Waals surface area contributed by atoms with Gasteiger partial charge in [0.15, 0.2) is 0 Å². The lowest BCUT2D eigenvalue weighted by molar-refractivity contribution is 0.0748. The number of carbonyl (C=O) groups is 1. The molecule has 3 aromatic carbocycles. The summed E-state index contributed by atoms with van der Waals surface area (Å²) in [6.45, 7) is 2.74. The maximum absolute atomic E-state index is 13.1. The first-order valence-electron chi connectivity index (χ1n) is 10.3. The molecule has 0 bridgehead atoms. The molecule has 1 amide bonds. The Hall–Kier alpha value is -3.32. The van der Waals surface area contributed by atoms with Crippen molar-refractivity contribution in [2.24, 2.45) is 0 Å². The van der Waals surface area contributed by atoms with Crippen LogP contribution >= 0.6 is 11.5 Å². The molecule has 5 rings (SSSR count). The second-order valence-corrected chi connectivity index (χ2v) is 8.33. The predicted molar refractivity (Wildman–Crippen MR) is 121 cm³/mol. The third-order valence-corrected chi connectivity index (χ3v) is 6.41. The monoisotopic (exact) mass is 432 g/mol. The van der Waals surface area contributed by atoms with Gasteiger partial charge < -0.3 is 9.80 Å². The summed E-state index contributed by atoms with van der Waals surface area (Å²) in [6, 6.07) is 20.3. The van der Waals surface area contributed by atoms with Gasteiger partial charge >= 0.3 is 0 Å². The Morgan fingerprint density at radius 1 is 0.935 bits per heavy atom. The average Bonchev–Trinajstić information content (AvgIpc) is 3.28. The van der Waals surface area contributed by atoms with Crippen LogP contribution < -0.4 is 4.90 Å². The topological polar surface area (TPSA) is 49.3 Å². The number of hydrogen-bond donors (Lipinski definition) is 0. The van der Waals surface area contributed by atoms with Crippen molar-refractivity contribution in [1.29, 1.82) is 0 Å². The summed E-state index contributed by atoms with van der Waals surface area (Å²) in [4.78, 5) is 21.9. The SMILES string of the molecule is O=C(c1cccc2ccccc12)N1CCN(c2nc(Cc3ccc(F)cc3)ns2)CC1. The van der Waals surface area contributed by atoms with E-state index in [2.05, 4.69) is 14.3 Å². The number of anilines is 1. The lowest BCUT2D eigenvalue weighted by Gasteiger charge is -2.34. The Kier molecular flexibility index (Phi) is 5.34. The van der Waals surface area contributed by atoms with Crippen molar-refractivity contribution in [3.63, 3.8) is 0 Å². The average molecular weight is 433 g/mol. The van der Waals surface area contributed by atoms with E-state index in [-0.39, 0.29) is 11.7 Å². The second-order valence-electron chi connectivity index (χ2n) is 7.60. The van der Waals surface area contributed by atoms with Crippen LogP contribution in [-0.2, 0) is 6.42 Å². The van der Waals surface area contributed by atoms with E-state index in [0.717, 1.165) is 45.9 Å². The van der Waals surface area contributed by atoms with E-state index >= 15 is 0 Å². The van der Waals surface area contributed by atoms with Gasteiger partial charge in [0.1, 0.15) is 11.6 Å². The van der Waals surface area contributed by atoms with Gasteiger partial charge in [0.05, 0.1) is 0 Å². The Morgan fingerprint density at radius 2 is 1.68 bits per heavy atom. The highest BCUT2D eigenvalue weighted by molar-refractivity contribution is 7.09. The Bertz CT molecular complexity index is 1210. The molecule has 0 saturated carbocycles. The van der Waals surface area contributed by atoms with Crippen molar-refractivity contribution >= 4 is 33.3 Å². The zero-order chi connectivity index (χ0) is 21.2. The molecular weight excluding hydrogens is 411 g/mol. The van der Waals surface area contributed by atoms with Crippen LogP contribution in [0.2, 0.25) is 0 Å².